The molecule has 0 radical (unpaired) electrons. The summed E-state index contributed by atoms with van der Waals surface area (Å²) in [6.07, 6.45) is 1.02. The molecule has 0 atom stereocenters. The minimum Gasteiger partial charge on any atom is -0.369 e. The van der Waals surface area contributed by atoms with Crippen molar-refractivity contribution < 1.29 is 0 Å². The Hall–Kier alpha value is -2.07. The molecule has 1 aromatic heterocycles. The summed E-state index contributed by atoms with van der Waals surface area (Å²) < 4.78 is 3.10. The van der Waals surface area contributed by atoms with Gasteiger partial charge in [-0.1, -0.05) is 45.8 Å². The number of hydrogen-bond donors (Lipinski definition) is 1. The van der Waals surface area contributed by atoms with Crippen LogP contribution < -0.4 is 5.32 Å². The van der Waals surface area contributed by atoms with E-state index < -0.39 is 0 Å². The normalized spacial score (nSPS) is 13.0. The molecule has 3 nitrogen and oxygen atoms in total. The highest BCUT2D eigenvalue weighted by Crippen LogP contribution is 2.35. The first-order valence-corrected chi connectivity index (χ1v) is 8.20. The molecular formula is C18H16BrN3. The van der Waals surface area contributed by atoms with Gasteiger partial charge >= 0.3 is 0 Å². The molecule has 4 rings (SSSR count). The number of fused-ring (bicyclic) bond motifs is 1. The fourth-order valence-corrected chi connectivity index (χ4v) is 3.31. The Morgan fingerprint density at radius 1 is 1.14 bits per heavy atom. The number of hydrogen-bond acceptors (Lipinski definition) is 2. The van der Waals surface area contributed by atoms with Crippen molar-refractivity contribution in [2.45, 2.75) is 13.3 Å². The van der Waals surface area contributed by atoms with Crippen molar-refractivity contribution in [3.8, 4) is 16.9 Å². The number of anilines is 1. The summed E-state index contributed by atoms with van der Waals surface area (Å²) in [5, 5.41) is 8.35. The van der Waals surface area contributed by atoms with Crippen LogP contribution in [0.3, 0.4) is 0 Å². The van der Waals surface area contributed by atoms with Gasteiger partial charge in [-0.25, -0.2) is 4.68 Å². The van der Waals surface area contributed by atoms with Gasteiger partial charge in [0.15, 0.2) is 0 Å². The van der Waals surface area contributed by atoms with E-state index in [1.165, 1.54) is 11.1 Å². The molecular weight excluding hydrogens is 338 g/mol. The van der Waals surface area contributed by atoms with Gasteiger partial charge in [-0.2, -0.15) is 5.10 Å². The Morgan fingerprint density at radius 2 is 1.95 bits per heavy atom. The van der Waals surface area contributed by atoms with E-state index in [2.05, 4.69) is 70.6 Å². The Bertz CT molecular complexity index is 834. The van der Waals surface area contributed by atoms with Crippen molar-refractivity contribution in [1.82, 2.24) is 9.78 Å². The zero-order valence-corrected chi connectivity index (χ0v) is 13.9. The zero-order chi connectivity index (χ0) is 15.1. The Balaban J connectivity index is 1.88. The lowest BCUT2D eigenvalue weighted by molar-refractivity contribution is 0.882. The van der Waals surface area contributed by atoms with Crippen LogP contribution in [0, 0.1) is 6.92 Å². The number of aryl methyl sites for hydroxylation is 1. The molecule has 1 aliphatic rings. The fourth-order valence-electron chi connectivity index (χ4n) is 2.92. The number of nitrogens with one attached hydrogen (secondary N) is 1. The molecule has 0 amide bonds. The summed E-state index contributed by atoms with van der Waals surface area (Å²) in [5.74, 6) is 1.12. The van der Waals surface area contributed by atoms with Crippen LogP contribution in [0.1, 0.15) is 11.1 Å². The first-order valence-electron chi connectivity index (χ1n) is 7.41. The lowest BCUT2D eigenvalue weighted by atomic mass is 10.1. The molecule has 2 heterocycles. The highest BCUT2D eigenvalue weighted by molar-refractivity contribution is 9.10. The second-order valence-corrected chi connectivity index (χ2v) is 6.53. The SMILES string of the molecule is Cc1ccc(-n2nc(-c3cccc(Br)c3)c3c2NCC3)cc1. The van der Waals surface area contributed by atoms with Crippen LogP contribution in [0.2, 0.25) is 0 Å². The van der Waals surface area contributed by atoms with E-state index >= 15 is 0 Å². The highest BCUT2D eigenvalue weighted by atomic mass is 79.9. The van der Waals surface area contributed by atoms with Gasteiger partial charge in [0.2, 0.25) is 0 Å². The van der Waals surface area contributed by atoms with E-state index in [0.717, 1.165) is 40.2 Å². The number of nitrogens with zero attached hydrogens (tertiary/aromatic N) is 2. The smallest absolute Gasteiger partial charge is 0.133 e. The van der Waals surface area contributed by atoms with Crippen molar-refractivity contribution >= 4 is 21.7 Å². The van der Waals surface area contributed by atoms with E-state index in [0.29, 0.717) is 0 Å². The average Bonchev–Trinajstić information content (AvgIpc) is 3.10. The predicted molar refractivity (Wildman–Crippen MR) is 93.6 cm³/mol. The maximum absolute atomic E-state index is 4.88. The third-order valence-electron chi connectivity index (χ3n) is 4.03. The van der Waals surface area contributed by atoms with Crippen LogP contribution in [-0.4, -0.2) is 16.3 Å². The van der Waals surface area contributed by atoms with Gasteiger partial charge in [-0.15, -0.1) is 0 Å². The second kappa shape index (κ2) is 5.29. The van der Waals surface area contributed by atoms with Crippen molar-refractivity contribution in [2.24, 2.45) is 0 Å². The van der Waals surface area contributed by atoms with Crippen LogP contribution in [0.5, 0.6) is 0 Å². The molecule has 0 unspecified atom stereocenters. The third-order valence-corrected chi connectivity index (χ3v) is 4.52. The first kappa shape index (κ1) is 13.6. The fraction of sp³-hybridized carbons (Fsp3) is 0.167. The zero-order valence-electron chi connectivity index (χ0n) is 12.3. The summed E-state index contributed by atoms with van der Waals surface area (Å²) >= 11 is 3.55. The quantitative estimate of drug-likeness (QED) is 0.730. The molecule has 1 aliphatic heterocycles. The molecule has 0 aliphatic carbocycles. The third kappa shape index (κ3) is 2.24. The van der Waals surface area contributed by atoms with Gasteiger partial charge in [0.05, 0.1) is 11.4 Å². The maximum atomic E-state index is 4.88. The van der Waals surface area contributed by atoms with Crippen LogP contribution in [0.15, 0.2) is 53.0 Å². The summed E-state index contributed by atoms with van der Waals surface area (Å²) in [4.78, 5) is 0. The summed E-state index contributed by atoms with van der Waals surface area (Å²) in [6, 6.07) is 16.8. The van der Waals surface area contributed by atoms with Gasteiger partial charge in [0.1, 0.15) is 5.82 Å². The van der Waals surface area contributed by atoms with E-state index in [9.17, 15) is 0 Å². The number of rotatable bonds is 2. The first-order chi connectivity index (χ1) is 10.7. The largest absolute Gasteiger partial charge is 0.369 e. The Morgan fingerprint density at radius 3 is 2.73 bits per heavy atom. The van der Waals surface area contributed by atoms with Crippen molar-refractivity contribution in [2.75, 3.05) is 11.9 Å². The average molecular weight is 354 g/mol. The molecule has 110 valence electrons. The topological polar surface area (TPSA) is 29.9 Å². The molecule has 22 heavy (non-hydrogen) atoms. The molecule has 1 N–H and O–H groups in total. The molecule has 0 spiro atoms. The van der Waals surface area contributed by atoms with Crippen molar-refractivity contribution in [3.63, 3.8) is 0 Å². The monoisotopic (exact) mass is 353 g/mol. The minimum atomic E-state index is 0.972. The van der Waals surface area contributed by atoms with E-state index in [-0.39, 0.29) is 0 Å². The predicted octanol–water partition coefficient (Wildman–Crippen LogP) is 4.58. The lowest BCUT2D eigenvalue weighted by Crippen LogP contribution is -2.04. The molecule has 0 fully saturated rings. The summed E-state index contributed by atoms with van der Waals surface area (Å²) in [6.45, 7) is 3.07. The Kier molecular flexibility index (Phi) is 3.26. The molecule has 2 aromatic carbocycles. The van der Waals surface area contributed by atoms with Gasteiger partial charge in [-0.3, -0.25) is 0 Å². The highest BCUT2D eigenvalue weighted by Gasteiger charge is 2.23. The van der Waals surface area contributed by atoms with Crippen LogP contribution in [0.25, 0.3) is 16.9 Å². The molecule has 4 heteroatoms. The molecule has 0 bridgehead atoms. The molecule has 3 aromatic rings. The van der Waals surface area contributed by atoms with Crippen molar-refractivity contribution in [1.29, 1.82) is 0 Å². The summed E-state index contributed by atoms with van der Waals surface area (Å²) in [5.41, 5.74) is 5.88. The second-order valence-electron chi connectivity index (χ2n) is 5.61. The Labute approximate surface area is 138 Å². The standard InChI is InChI=1S/C18H16BrN3/c1-12-5-7-15(8-6-12)22-18-16(9-10-20-18)17(21-22)13-3-2-4-14(19)11-13/h2-8,11,20H,9-10H2,1H3. The van der Waals surface area contributed by atoms with E-state index in [1.807, 2.05) is 10.7 Å². The summed E-state index contributed by atoms with van der Waals surface area (Å²) in [7, 11) is 0. The van der Waals surface area contributed by atoms with Crippen LogP contribution >= 0.6 is 15.9 Å². The van der Waals surface area contributed by atoms with E-state index in [1.54, 1.807) is 0 Å². The minimum absolute atomic E-state index is 0.972. The number of benzene rings is 2. The van der Waals surface area contributed by atoms with Gasteiger partial charge in [0.25, 0.3) is 0 Å². The molecule has 0 saturated carbocycles. The van der Waals surface area contributed by atoms with Crippen LogP contribution in [-0.2, 0) is 6.42 Å². The maximum Gasteiger partial charge on any atom is 0.133 e. The van der Waals surface area contributed by atoms with Gasteiger partial charge in [-0.05, 0) is 37.6 Å². The lowest BCUT2D eigenvalue weighted by Gasteiger charge is -2.06. The number of aromatic nitrogens is 2. The van der Waals surface area contributed by atoms with Crippen LogP contribution in [0.4, 0.5) is 5.82 Å². The number of halogens is 1. The van der Waals surface area contributed by atoms with Gasteiger partial charge in [0, 0.05) is 22.1 Å². The van der Waals surface area contributed by atoms with E-state index in [4.69, 9.17) is 5.10 Å². The van der Waals surface area contributed by atoms with Crippen molar-refractivity contribution in [3.05, 3.63) is 64.1 Å². The molecule has 0 saturated heterocycles. The van der Waals surface area contributed by atoms with Gasteiger partial charge < -0.3 is 5.32 Å².